The van der Waals surface area contributed by atoms with Crippen molar-refractivity contribution in [1.29, 1.82) is 0 Å². The van der Waals surface area contributed by atoms with E-state index >= 15 is 0 Å². The van der Waals surface area contributed by atoms with Gasteiger partial charge in [0.25, 0.3) is 22.6 Å². The Kier molecular flexibility index (Phi) is 7.28. The largest absolute Gasteiger partial charge is 0.394 e. The summed E-state index contributed by atoms with van der Waals surface area (Å²) in [6, 6.07) is 0. The summed E-state index contributed by atoms with van der Waals surface area (Å²) in [6.07, 6.45) is 0. The third-order valence-corrected chi connectivity index (χ3v) is 1.11. The molecule has 0 heterocycles. The fourth-order valence-corrected chi connectivity index (χ4v) is 0.698. The molecule has 0 aliphatic rings. The Morgan fingerprint density at radius 1 is 1.40 bits per heavy atom. The van der Waals surface area contributed by atoms with Gasteiger partial charge in [-0.3, -0.25) is 0 Å². The molecular weight excluding hydrogens is 123 g/mol. The van der Waals surface area contributed by atoms with Crippen molar-refractivity contribution in [2.24, 2.45) is 0 Å². The van der Waals surface area contributed by atoms with Gasteiger partial charge in [0.15, 0.2) is 7.98 Å². The minimum atomic E-state index is 0.855. The first-order valence-electron chi connectivity index (χ1n) is 3.49. The smallest absolute Gasteiger partial charge is 0.275 e. The van der Waals surface area contributed by atoms with E-state index in [0.29, 0.717) is 0 Å². The highest BCUT2D eigenvalue weighted by Gasteiger charge is 1.98. The maximum absolute atomic E-state index is 3.19. The summed E-state index contributed by atoms with van der Waals surface area (Å²) >= 11 is 0. The maximum Gasteiger partial charge on any atom is 0.275 e. The van der Waals surface area contributed by atoms with Crippen molar-refractivity contribution in [3.05, 3.63) is 0 Å². The molecule has 8 heteroatoms. The Labute approximate surface area is 65.8 Å². The van der Waals surface area contributed by atoms with Gasteiger partial charge in [-0.1, -0.05) is 0 Å². The number of rotatable bonds is 6. The molecule has 0 aromatic heterocycles. The Morgan fingerprint density at radius 2 is 2.10 bits per heavy atom. The molecule has 3 N–H and O–H groups in total. The summed E-state index contributed by atoms with van der Waals surface area (Å²) < 4.78 is 2.15. The van der Waals surface area contributed by atoms with Gasteiger partial charge >= 0.3 is 0 Å². The first-order chi connectivity index (χ1) is 4.81. The van der Waals surface area contributed by atoms with Crippen LogP contribution in [0, 0.1) is 0 Å². The molecule has 0 aromatic carbocycles. The Hall–Kier alpha value is 0.0997. The molecule has 0 rings (SSSR count). The normalized spacial score (nSPS) is 9.50. The van der Waals surface area contributed by atoms with Gasteiger partial charge in [-0.25, -0.2) is 0 Å². The zero-order chi connectivity index (χ0) is 7.82. The lowest BCUT2D eigenvalue weighted by Crippen LogP contribution is -2.46. The van der Waals surface area contributed by atoms with E-state index in [0.717, 1.165) is 22.6 Å². The second-order valence-corrected chi connectivity index (χ2v) is 2.31. The summed E-state index contributed by atoms with van der Waals surface area (Å²) in [5, 5.41) is 9.26. The molecule has 0 amide bonds. The number of hydrogen-bond donors (Lipinski definition) is 3. The number of hydrogen-bond acceptors (Lipinski definition) is 4. The topological polar surface area (TPSA) is 39.3 Å². The molecular formula is C2H14B4N4. The quantitative estimate of drug-likeness (QED) is 0.256. The molecule has 54 valence electrons. The average Bonchev–Trinajstić information content (AvgIpc) is 1.89. The van der Waals surface area contributed by atoms with Gasteiger partial charge in [-0.15, -0.1) is 0 Å². The highest BCUT2D eigenvalue weighted by atomic mass is 15.0. The lowest BCUT2D eigenvalue weighted by Gasteiger charge is -2.12. The van der Waals surface area contributed by atoms with Crippen LogP contribution in [0.15, 0.2) is 0 Å². The van der Waals surface area contributed by atoms with Gasteiger partial charge in [-0.05, 0) is 14.1 Å². The molecule has 0 aliphatic heterocycles. The zero-order valence-corrected chi connectivity index (χ0v) is 7.07. The Morgan fingerprint density at radius 3 is 2.60 bits per heavy atom. The van der Waals surface area contributed by atoms with Crippen LogP contribution in [0.4, 0.5) is 0 Å². The van der Waals surface area contributed by atoms with Crippen LogP contribution >= 0.6 is 0 Å². The molecule has 0 aromatic rings. The molecule has 0 fully saturated rings. The van der Waals surface area contributed by atoms with E-state index in [1.54, 1.807) is 0 Å². The molecule has 0 bridgehead atoms. The van der Waals surface area contributed by atoms with E-state index in [1.807, 2.05) is 15.0 Å². The van der Waals surface area contributed by atoms with Crippen molar-refractivity contribution < 1.29 is 0 Å². The van der Waals surface area contributed by atoms with Gasteiger partial charge < -0.3 is 20.2 Å². The number of nitrogens with zero attached hydrogens (tertiary/aromatic N) is 1. The van der Waals surface area contributed by atoms with Gasteiger partial charge in [0.05, 0.1) is 0 Å². The Balaban J connectivity index is 2.97. The third-order valence-electron chi connectivity index (χ3n) is 1.11. The van der Waals surface area contributed by atoms with E-state index in [9.17, 15) is 0 Å². The molecule has 10 heavy (non-hydrogen) atoms. The molecule has 0 atom stereocenters. The lowest BCUT2D eigenvalue weighted by molar-refractivity contribution is 0.825. The monoisotopic (exact) mass is 138 g/mol. The molecule has 0 radical (unpaired) electrons. The molecule has 0 unspecified atom stereocenters. The summed E-state index contributed by atoms with van der Waals surface area (Å²) in [5.41, 5.74) is 0. The second kappa shape index (κ2) is 7.21. The summed E-state index contributed by atoms with van der Waals surface area (Å²) in [6.45, 7) is 0. The van der Waals surface area contributed by atoms with E-state index in [4.69, 9.17) is 0 Å². The van der Waals surface area contributed by atoms with Crippen LogP contribution in [0.25, 0.3) is 0 Å². The molecule has 0 saturated carbocycles. The minimum absolute atomic E-state index is 0.855. The highest BCUT2D eigenvalue weighted by Crippen LogP contribution is 1.63. The van der Waals surface area contributed by atoms with Gasteiger partial charge in [0.2, 0.25) is 0 Å². The first kappa shape index (κ1) is 10.1. The second-order valence-electron chi connectivity index (χ2n) is 2.31. The van der Waals surface area contributed by atoms with Crippen LogP contribution in [0.5, 0.6) is 0 Å². The lowest BCUT2D eigenvalue weighted by atomic mass is 9.90. The van der Waals surface area contributed by atoms with Crippen LogP contribution in [0.3, 0.4) is 0 Å². The third kappa shape index (κ3) is 6.22. The predicted molar refractivity (Wildman–Crippen MR) is 53.1 cm³/mol. The first-order valence-corrected chi connectivity index (χ1v) is 3.49. The van der Waals surface area contributed by atoms with Crippen molar-refractivity contribution in [3.63, 3.8) is 0 Å². The van der Waals surface area contributed by atoms with Crippen molar-refractivity contribution >= 4 is 30.6 Å². The van der Waals surface area contributed by atoms with Crippen molar-refractivity contribution in [1.82, 2.24) is 20.2 Å². The zero-order valence-electron chi connectivity index (χ0n) is 7.07. The van der Waals surface area contributed by atoms with Crippen molar-refractivity contribution in [3.8, 4) is 0 Å². The molecule has 4 nitrogen and oxygen atoms in total. The fourth-order valence-electron chi connectivity index (χ4n) is 0.698. The molecule has 0 saturated heterocycles. The van der Waals surface area contributed by atoms with Gasteiger partial charge in [0, 0.05) is 0 Å². The minimum Gasteiger partial charge on any atom is -0.394 e. The van der Waals surface area contributed by atoms with E-state index in [2.05, 4.69) is 27.3 Å². The van der Waals surface area contributed by atoms with Crippen LogP contribution in [-0.2, 0) is 0 Å². The Bertz CT molecular complexity index is 72.3. The SMILES string of the molecule is BNBN(C)BNBNC. The summed E-state index contributed by atoms with van der Waals surface area (Å²) in [7, 11) is 8.59. The van der Waals surface area contributed by atoms with Crippen LogP contribution in [0.1, 0.15) is 0 Å². The van der Waals surface area contributed by atoms with Gasteiger partial charge in [-0.2, -0.15) is 0 Å². The summed E-state index contributed by atoms with van der Waals surface area (Å²) in [5.74, 6) is 0. The molecule has 0 spiro atoms. The summed E-state index contributed by atoms with van der Waals surface area (Å²) in [4.78, 5) is 0. The average molecular weight is 137 g/mol. The standard InChI is InChI=1S/C2H14B4N4/c1-7-4-9-6-10(2)5-8-3/h4-9H,3H2,1-2H3. The molecule has 0 aliphatic carbocycles. The van der Waals surface area contributed by atoms with Crippen LogP contribution in [0.2, 0.25) is 0 Å². The number of nitrogens with one attached hydrogen (secondary N) is 3. The van der Waals surface area contributed by atoms with E-state index in [-0.39, 0.29) is 0 Å². The predicted octanol–water partition coefficient (Wildman–Crippen LogP) is -4.34. The van der Waals surface area contributed by atoms with Crippen LogP contribution < -0.4 is 15.5 Å². The van der Waals surface area contributed by atoms with Gasteiger partial charge in [0.1, 0.15) is 0 Å². The fraction of sp³-hybridized carbons (Fsp3) is 1.00. The van der Waals surface area contributed by atoms with Crippen molar-refractivity contribution in [2.45, 2.75) is 0 Å². The highest BCUT2D eigenvalue weighted by molar-refractivity contribution is 6.56. The maximum atomic E-state index is 3.19. The van der Waals surface area contributed by atoms with Crippen molar-refractivity contribution in [2.75, 3.05) is 14.1 Å². The van der Waals surface area contributed by atoms with Crippen LogP contribution in [-0.4, -0.2) is 49.4 Å². The van der Waals surface area contributed by atoms with E-state index in [1.165, 1.54) is 0 Å². The van der Waals surface area contributed by atoms with E-state index < -0.39 is 0 Å².